The van der Waals surface area contributed by atoms with Crippen LogP contribution in [0.25, 0.3) is 0 Å². The smallest absolute Gasteiger partial charge is 0.273 e. The van der Waals surface area contributed by atoms with Crippen molar-refractivity contribution in [1.82, 2.24) is 5.43 Å². The standard InChI is InChI=1S/C15H14N4O3/c1-10-6-7-11(8-14(10)19(21)22)9-17-18-15(20)12-4-2-3-5-13(12)16/h2-9H,16H2,1H3,(H,18,20)/b17-9-. The number of hydrazone groups is 1. The third-order valence-corrected chi connectivity index (χ3v) is 3.02. The molecule has 0 heterocycles. The Bertz CT molecular complexity index is 756. The number of carbonyl (C=O) groups excluding carboxylic acids is 1. The summed E-state index contributed by atoms with van der Waals surface area (Å²) < 4.78 is 0. The number of nitrogens with zero attached hydrogens (tertiary/aromatic N) is 2. The van der Waals surface area contributed by atoms with Crippen LogP contribution in [-0.2, 0) is 0 Å². The lowest BCUT2D eigenvalue weighted by Gasteiger charge is -2.03. The molecule has 0 radical (unpaired) electrons. The minimum atomic E-state index is -0.462. The Morgan fingerprint density at radius 1 is 1.32 bits per heavy atom. The predicted octanol–water partition coefficient (Wildman–Crippen LogP) is 2.25. The number of benzene rings is 2. The molecule has 0 aliphatic rings. The van der Waals surface area contributed by atoms with Gasteiger partial charge in [-0.3, -0.25) is 14.9 Å². The molecule has 2 aromatic rings. The summed E-state index contributed by atoms with van der Waals surface area (Å²) in [6, 6.07) is 11.3. The molecule has 112 valence electrons. The number of nitrogens with two attached hydrogens (primary N) is 1. The Labute approximate surface area is 126 Å². The van der Waals surface area contributed by atoms with Gasteiger partial charge < -0.3 is 5.73 Å². The molecule has 2 aromatic carbocycles. The molecule has 0 saturated heterocycles. The van der Waals surface area contributed by atoms with Gasteiger partial charge in [0.05, 0.1) is 16.7 Å². The Hall–Kier alpha value is -3.22. The molecule has 7 nitrogen and oxygen atoms in total. The number of carbonyl (C=O) groups is 1. The lowest BCUT2D eigenvalue weighted by atomic mass is 10.1. The summed E-state index contributed by atoms with van der Waals surface area (Å²) in [7, 11) is 0. The lowest BCUT2D eigenvalue weighted by Crippen LogP contribution is -2.19. The maximum absolute atomic E-state index is 11.9. The zero-order chi connectivity index (χ0) is 16.1. The Balaban J connectivity index is 2.10. The molecule has 0 atom stereocenters. The molecule has 7 heteroatoms. The van der Waals surface area contributed by atoms with E-state index < -0.39 is 10.8 Å². The highest BCUT2D eigenvalue weighted by atomic mass is 16.6. The van der Waals surface area contributed by atoms with Crippen LogP contribution in [0.15, 0.2) is 47.6 Å². The molecule has 0 spiro atoms. The number of amides is 1. The van der Waals surface area contributed by atoms with Crippen LogP contribution in [0, 0.1) is 17.0 Å². The van der Waals surface area contributed by atoms with E-state index in [1.807, 2.05) is 0 Å². The fourth-order valence-corrected chi connectivity index (χ4v) is 1.83. The second-order valence-electron chi connectivity index (χ2n) is 4.59. The van der Waals surface area contributed by atoms with E-state index in [2.05, 4.69) is 10.5 Å². The molecule has 0 fully saturated rings. The van der Waals surface area contributed by atoms with E-state index >= 15 is 0 Å². The van der Waals surface area contributed by atoms with Crippen LogP contribution in [-0.4, -0.2) is 17.0 Å². The highest BCUT2D eigenvalue weighted by molar-refractivity contribution is 5.99. The average molecular weight is 298 g/mol. The van der Waals surface area contributed by atoms with Crippen molar-refractivity contribution in [3.8, 4) is 0 Å². The number of hydrogen-bond acceptors (Lipinski definition) is 5. The van der Waals surface area contributed by atoms with Gasteiger partial charge in [-0.05, 0) is 19.1 Å². The van der Waals surface area contributed by atoms with Gasteiger partial charge in [0.15, 0.2) is 0 Å². The van der Waals surface area contributed by atoms with Gasteiger partial charge in [-0.1, -0.05) is 24.3 Å². The summed E-state index contributed by atoms with van der Waals surface area (Å²) in [5.74, 6) is -0.448. The van der Waals surface area contributed by atoms with Gasteiger partial charge in [-0.2, -0.15) is 5.10 Å². The number of para-hydroxylation sites is 1. The number of nitrogens with one attached hydrogen (secondary N) is 1. The molecule has 1 amide bonds. The first kappa shape index (κ1) is 15.2. The lowest BCUT2D eigenvalue weighted by molar-refractivity contribution is -0.385. The van der Waals surface area contributed by atoms with Crippen LogP contribution in [0.2, 0.25) is 0 Å². The largest absolute Gasteiger partial charge is 0.398 e. The number of hydrogen-bond donors (Lipinski definition) is 2. The van der Waals surface area contributed by atoms with Gasteiger partial charge in [-0.15, -0.1) is 0 Å². The van der Waals surface area contributed by atoms with E-state index in [9.17, 15) is 14.9 Å². The highest BCUT2D eigenvalue weighted by Crippen LogP contribution is 2.18. The van der Waals surface area contributed by atoms with Crippen LogP contribution in [0.4, 0.5) is 11.4 Å². The number of nitro groups is 1. The van der Waals surface area contributed by atoms with Crippen molar-refractivity contribution in [2.45, 2.75) is 6.92 Å². The molecule has 2 rings (SSSR count). The van der Waals surface area contributed by atoms with Crippen molar-refractivity contribution in [2.24, 2.45) is 5.10 Å². The zero-order valence-corrected chi connectivity index (χ0v) is 11.8. The van der Waals surface area contributed by atoms with Gasteiger partial charge in [0.25, 0.3) is 11.6 Å². The monoisotopic (exact) mass is 298 g/mol. The van der Waals surface area contributed by atoms with Gasteiger partial charge in [0, 0.05) is 22.9 Å². The second-order valence-corrected chi connectivity index (χ2v) is 4.59. The van der Waals surface area contributed by atoms with Crippen LogP contribution in [0.3, 0.4) is 0 Å². The maximum atomic E-state index is 11.9. The first-order valence-corrected chi connectivity index (χ1v) is 6.42. The van der Waals surface area contributed by atoms with Crippen molar-refractivity contribution in [2.75, 3.05) is 5.73 Å². The normalized spacial score (nSPS) is 10.6. The van der Waals surface area contributed by atoms with E-state index in [1.54, 1.807) is 43.3 Å². The van der Waals surface area contributed by atoms with Crippen LogP contribution in [0.1, 0.15) is 21.5 Å². The summed E-state index contributed by atoms with van der Waals surface area (Å²) in [5, 5.41) is 14.6. The van der Waals surface area contributed by atoms with Gasteiger partial charge >= 0.3 is 0 Å². The van der Waals surface area contributed by atoms with Crippen molar-refractivity contribution in [3.05, 3.63) is 69.3 Å². The second kappa shape index (κ2) is 6.49. The predicted molar refractivity (Wildman–Crippen MR) is 83.7 cm³/mol. The Morgan fingerprint density at radius 3 is 2.73 bits per heavy atom. The number of aryl methyl sites for hydroxylation is 1. The van der Waals surface area contributed by atoms with Crippen molar-refractivity contribution in [1.29, 1.82) is 0 Å². The molecule has 0 saturated carbocycles. The highest BCUT2D eigenvalue weighted by Gasteiger charge is 2.10. The van der Waals surface area contributed by atoms with Crippen LogP contribution >= 0.6 is 0 Å². The van der Waals surface area contributed by atoms with E-state index in [1.165, 1.54) is 12.3 Å². The SMILES string of the molecule is Cc1ccc(/C=N\NC(=O)c2ccccc2N)cc1[N+](=O)[O-]. The first-order chi connectivity index (χ1) is 10.5. The Kier molecular flexibility index (Phi) is 4.47. The van der Waals surface area contributed by atoms with Gasteiger partial charge in [-0.25, -0.2) is 5.43 Å². The number of anilines is 1. The quantitative estimate of drug-likeness (QED) is 0.390. The Morgan fingerprint density at radius 2 is 2.05 bits per heavy atom. The zero-order valence-electron chi connectivity index (χ0n) is 11.8. The molecule has 0 aliphatic heterocycles. The molecule has 3 N–H and O–H groups in total. The molecule has 0 bridgehead atoms. The molecule has 22 heavy (non-hydrogen) atoms. The van der Waals surface area contributed by atoms with Gasteiger partial charge in [0.1, 0.15) is 0 Å². The maximum Gasteiger partial charge on any atom is 0.273 e. The van der Waals surface area contributed by atoms with Crippen molar-refractivity contribution in [3.63, 3.8) is 0 Å². The summed E-state index contributed by atoms with van der Waals surface area (Å²) in [4.78, 5) is 22.3. The average Bonchev–Trinajstić information content (AvgIpc) is 2.49. The van der Waals surface area contributed by atoms with E-state index in [-0.39, 0.29) is 5.69 Å². The minimum absolute atomic E-state index is 0.00239. The third-order valence-electron chi connectivity index (χ3n) is 3.02. The molecule has 0 aliphatic carbocycles. The minimum Gasteiger partial charge on any atom is -0.398 e. The fourth-order valence-electron chi connectivity index (χ4n) is 1.83. The van der Waals surface area contributed by atoms with Gasteiger partial charge in [0.2, 0.25) is 0 Å². The summed E-state index contributed by atoms with van der Waals surface area (Å²) in [6.07, 6.45) is 1.34. The number of nitro benzene ring substituents is 1. The van der Waals surface area contributed by atoms with E-state index in [0.29, 0.717) is 22.4 Å². The van der Waals surface area contributed by atoms with Crippen molar-refractivity contribution >= 4 is 23.5 Å². The number of rotatable bonds is 4. The van der Waals surface area contributed by atoms with Crippen molar-refractivity contribution < 1.29 is 9.72 Å². The molecule has 0 unspecified atom stereocenters. The summed E-state index contributed by atoms with van der Waals surface area (Å²) in [6.45, 7) is 1.65. The van der Waals surface area contributed by atoms with E-state index in [4.69, 9.17) is 5.73 Å². The topological polar surface area (TPSA) is 111 Å². The molecule has 0 aromatic heterocycles. The van der Waals surface area contributed by atoms with E-state index in [0.717, 1.165) is 0 Å². The fraction of sp³-hybridized carbons (Fsp3) is 0.0667. The van der Waals surface area contributed by atoms with Crippen LogP contribution < -0.4 is 11.2 Å². The molecular weight excluding hydrogens is 284 g/mol. The number of nitrogen functional groups attached to an aromatic ring is 1. The summed E-state index contributed by atoms with van der Waals surface area (Å²) in [5.41, 5.74) is 9.75. The summed E-state index contributed by atoms with van der Waals surface area (Å²) >= 11 is 0. The first-order valence-electron chi connectivity index (χ1n) is 6.42. The molecular formula is C15H14N4O3. The third kappa shape index (κ3) is 3.45. The van der Waals surface area contributed by atoms with Crippen LogP contribution in [0.5, 0.6) is 0 Å².